The van der Waals surface area contributed by atoms with Crippen molar-refractivity contribution in [1.29, 1.82) is 0 Å². The van der Waals surface area contributed by atoms with Gasteiger partial charge in [0.25, 0.3) is 0 Å². The van der Waals surface area contributed by atoms with Gasteiger partial charge in [-0.15, -0.1) is 6.42 Å². The van der Waals surface area contributed by atoms with Crippen LogP contribution in [0, 0.1) is 24.0 Å². The molecule has 0 spiro atoms. The van der Waals surface area contributed by atoms with Crippen LogP contribution >= 0.6 is 0 Å². The van der Waals surface area contributed by atoms with Gasteiger partial charge in [0.15, 0.2) is 5.82 Å². The van der Waals surface area contributed by atoms with Crippen LogP contribution in [0.25, 0.3) is 32.9 Å². The first-order valence-electron chi connectivity index (χ1n) is 21.2. The SMILES string of the molecule is C#Cc1c(F)ccc2cc(O)cc(-c3ncc4c(N5C[C@H]6CC[C@@H](C5)N6C(=O)OCOC(=O)CCCCCCCCC)nc(OC[C@@]56CCCN5C[C@H](F)C6)nc4c3F)c12. The van der Waals surface area contributed by atoms with Crippen LogP contribution in [0.3, 0.4) is 0 Å². The van der Waals surface area contributed by atoms with E-state index in [0.717, 1.165) is 45.1 Å². The number of piperazine rings is 1. The Hall–Kier alpha value is -5.36. The van der Waals surface area contributed by atoms with Crippen molar-refractivity contribution in [3.05, 3.63) is 47.7 Å². The lowest BCUT2D eigenvalue weighted by Gasteiger charge is -2.41. The fourth-order valence-corrected chi connectivity index (χ4v) is 9.81. The average Bonchev–Trinajstić information content (AvgIpc) is 3.85. The fourth-order valence-electron chi connectivity index (χ4n) is 9.81. The third kappa shape index (κ3) is 8.23. The summed E-state index contributed by atoms with van der Waals surface area (Å²) >= 11 is 0. The van der Waals surface area contributed by atoms with Gasteiger partial charge in [0.2, 0.25) is 6.79 Å². The maximum Gasteiger partial charge on any atom is 0.413 e. The topological polar surface area (TPSA) is 130 Å². The second-order valence-corrected chi connectivity index (χ2v) is 16.6. The van der Waals surface area contributed by atoms with Crippen molar-refractivity contribution in [2.75, 3.05) is 44.5 Å². The number of phenolic OH excluding ortho intramolecular Hbond substituents is 1. The van der Waals surface area contributed by atoms with Gasteiger partial charge in [0.05, 0.1) is 28.6 Å². The molecule has 4 atom stereocenters. The normalized spacial score (nSPS) is 22.4. The van der Waals surface area contributed by atoms with Crippen molar-refractivity contribution >= 4 is 39.6 Å². The molecular formula is C45H51F3N6O6. The second-order valence-electron chi connectivity index (χ2n) is 16.6. The van der Waals surface area contributed by atoms with Gasteiger partial charge in [-0.2, -0.15) is 9.97 Å². The summed E-state index contributed by atoms with van der Waals surface area (Å²) in [6.45, 7) is 3.54. The highest BCUT2D eigenvalue weighted by molar-refractivity contribution is 6.03. The fraction of sp³-hybridized carbons (Fsp3) is 0.533. The van der Waals surface area contributed by atoms with Crippen LogP contribution < -0.4 is 9.64 Å². The molecule has 4 aliphatic heterocycles. The van der Waals surface area contributed by atoms with Gasteiger partial charge >= 0.3 is 18.1 Å². The van der Waals surface area contributed by atoms with Crippen molar-refractivity contribution in [3.63, 3.8) is 0 Å². The number of anilines is 1. The van der Waals surface area contributed by atoms with E-state index >= 15 is 4.39 Å². The summed E-state index contributed by atoms with van der Waals surface area (Å²) < 4.78 is 63.7. The summed E-state index contributed by atoms with van der Waals surface area (Å²) in [6.07, 6.45) is 16.7. The Morgan fingerprint density at radius 3 is 2.55 bits per heavy atom. The first-order chi connectivity index (χ1) is 29.1. The molecule has 4 aromatic rings. The number of esters is 1. The number of fused-ring (bicyclic) bond motifs is 5. The van der Waals surface area contributed by atoms with Gasteiger partial charge < -0.3 is 24.2 Å². The van der Waals surface area contributed by atoms with E-state index in [1.54, 1.807) is 4.90 Å². The zero-order valence-electron chi connectivity index (χ0n) is 33.9. The van der Waals surface area contributed by atoms with Crippen LogP contribution in [-0.4, -0.2) is 105 Å². The number of aromatic hydroxyl groups is 1. The summed E-state index contributed by atoms with van der Waals surface area (Å²) in [5.74, 6) is 0.551. The summed E-state index contributed by atoms with van der Waals surface area (Å²) in [5.41, 5.74) is -0.892. The first kappa shape index (κ1) is 41.4. The highest BCUT2D eigenvalue weighted by atomic mass is 19.1. The van der Waals surface area contributed by atoms with Gasteiger partial charge in [-0.1, -0.05) is 57.4 Å². The summed E-state index contributed by atoms with van der Waals surface area (Å²) in [4.78, 5) is 45.3. The number of carbonyl (C=O) groups is 2. The number of phenols is 1. The molecule has 318 valence electrons. The zero-order chi connectivity index (χ0) is 42.0. The van der Waals surface area contributed by atoms with Crippen molar-refractivity contribution < 1.29 is 42.1 Å². The molecule has 4 fully saturated rings. The number of rotatable bonds is 15. The molecule has 4 saturated heterocycles. The lowest BCUT2D eigenvalue weighted by Crippen LogP contribution is -2.56. The molecule has 0 radical (unpaired) electrons. The number of nitrogens with zero attached hydrogens (tertiary/aromatic N) is 6. The second kappa shape index (κ2) is 17.7. The molecule has 60 heavy (non-hydrogen) atoms. The predicted molar refractivity (Wildman–Crippen MR) is 219 cm³/mol. The van der Waals surface area contributed by atoms with Gasteiger partial charge in [0, 0.05) is 49.6 Å². The van der Waals surface area contributed by atoms with E-state index in [0.29, 0.717) is 50.1 Å². The number of unbranched alkanes of at least 4 members (excludes halogenated alkanes) is 6. The Labute approximate surface area is 347 Å². The number of carbonyl (C=O) groups excluding carboxylic acids is 2. The van der Waals surface area contributed by atoms with E-state index < -0.39 is 42.2 Å². The summed E-state index contributed by atoms with van der Waals surface area (Å²) in [7, 11) is 0. The Morgan fingerprint density at radius 2 is 1.78 bits per heavy atom. The third-order valence-electron chi connectivity index (χ3n) is 12.7. The number of hydrogen-bond donors (Lipinski definition) is 1. The minimum atomic E-state index is -0.983. The van der Waals surface area contributed by atoms with E-state index in [-0.39, 0.29) is 70.0 Å². The predicted octanol–water partition coefficient (Wildman–Crippen LogP) is 8.20. The maximum atomic E-state index is 17.1. The Balaban J connectivity index is 1.04. The molecule has 8 rings (SSSR count). The van der Waals surface area contributed by atoms with Crippen LogP contribution in [0.2, 0.25) is 0 Å². The monoisotopic (exact) mass is 828 g/mol. The molecule has 2 aromatic heterocycles. The molecule has 6 heterocycles. The van der Waals surface area contributed by atoms with Crippen molar-refractivity contribution in [1.82, 2.24) is 24.8 Å². The highest BCUT2D eigenvalue weighted by Crippen LogP contribution is 2.42. The largest absolute Gasteiger partial charge is 0.508 e. The van der Waals surface area contributed by atoms with Crippen LogP contribution in [0.5, 0.6) is 11.8 Å². The number of benzene rings is 2. The van der Waals surface area contributed by atoms with Crippen LogP contribution in [0.1, 0.15) is 96.0 Å². The zero-order valence-corrected chi connectivity index (χ0v) is 33.9. The number of alkyl halides is 1. The number of terminal acetylenes is 1. The number of ether oxygens (including phenoxy) is 3. The molecule has 0 saturated carbocycles. The van der Waals surface area contributed by atoms with Crippen LogP contribution in [0.4, 0.5) is 23.8 Å². The first-order valence-corrected chi connectivity index (χ1v) is 21.2. The molecule has 2 aromatic carbocycles. The summed E-state index contributed by atoms with van der Waals surface area (Å²) in [6, 6.07) is 4.66. The molecule has 4 aliphatic rings. The molecular weight excluding hydrogens is 778 g/mol. The standard InChI is InChI=1S/C45H51F3N6O6/c1-3-5-6-7-8-9-10-12-37(56)59-27-60-44(57)54-30-14-15-31(54)25-52(24-30)42-35-22-49-40(34-20-32(55)19-28-13-16-36(47)33(4-2)38(28)34)39(48)41(35)50-43(51-42)58-26-45-17-11-18-53(45)23-29(46)21-45/h2,13,16,19-20,22,29-31,55H,3,5-12,14-15,17-18,21,23-27H2,1H3/t29-,30-,31+,45+/m1/s1. The maximum absolute atomic E-state index is 17.1. The highest BCUT2D eigenvalue weighted by Gasteiger charge is 2.50. The Morgan fingerprint density at radius 1 is 1.02 bits per heavy atom. The number of halogens is 3. The minimum Gasteiger partial charge on any atom is -0.508 e. The van der Waals surface area contributed by atoms with E-state index in [2.05, 4.69) is 27.7 Å². The molecule has 12 nitrogen and oxygen atoms in total. The third-order valence-corrected chi connectivity index (χ3v) is 12.7. The molecule has 1 amide bonds. The van der Waals surface area contributed by atoms with E-state index in [4.69, 9.17) is 25.6 Å². The number of amides is 1. The van der Waals surface area contributed by atoms with Crippen LogP contribution in [-0.2, 0) is 14.3 Å². The summed E-state index contributed by atoms with van der Waals surface area (Å²) in [5, 5.41) is 11.5. The number of pyridine rings is 1. The molecule has 1 N–H and O–H groups in total. The molecule has 2 bridgehead atoms. The molecule has 0 aliphatic carbocycles. The van der Waals surface area contributed by atoms with E-state index in [1.165, 1.54) is 49.7 Å². The van der Waals surface area contributed by atoms with Gasteiger partial charge in [0.1, 0.15) is 41.4 Å². The lowest BCUT2D eigenvalue weighted by molar-refractivity contribution is -0.152. The smallest absolute Gasteiger partial charge is 0.413 e. The van der Waals surface area contributed by atoms with E-state index in [1.807, 2.05) is 4.90 Å². The van der Waals surface area contributed by atoms with E-state index in [9.17, 15) is 23.5 Å². The van der Waals surface area contributed by atoms with Gasteiger partial charge in [-0.25, -0.2) is 18.0 Å². The van der Waals surface area contributed by atoms with Gasteiger partial charge in [-0.05, 0) is 62.2 Å². The minimum absolute atomic E-state index is 0.0774. The van der Waals surface area contributed by atoms with Gasteiger partial charge in [-0.3, -0.25) is 19.6 Å². The number of hydrogen-bond acceptors (Lipinski definition) is 11. The Bertz CT molecular complexity index is 2290. The Kier molecular flexibility index (Phi) is 12.2. The quantitative estimate of drug-likeness (QED) is 0.0539. The lowest BCUT2D eigenvalue weighted by atomic mass is 9.95. The van der Waals surface area contributed by atoms with Crippen LogP contribution in [0.15, 0.2) is 30.5 Å². The van der Waals surface area contributed by atoms with Crippen molar-refractivity contribution in [3.8, 4) is 35.4 Å². The van der Waals surface area contributed by atoms with Crippen molar-refractivity contribution in [2.24, 2.45) is 0 Å². The number of aromatic nitrogens is 3. The molecule has 15 heteroatoms. The average molecular weight is 829 g/mol. The van der Waals surface area contributed by atoms with Crippen molar-refractivity contribution in [2.45, 2.75) is 114 Å². The molecule has 0 unspecified atom stereocenters.